The van der Waals surface area contributed by atoms with E-state index in [0.29, 0.717) is 5.75 Å². The average Bonchev–Trinajstić information content (AvgIpc) is 2.75. The van der Waals surface area contributed by atoms with Crippen LogP contribution < -0.4 is 10.1 Å². The summed E-state index contributed by atoms with van der Waals surface area (Å²) in [4.78, 5) is 12.5. The van der Waals surface area contributed by atoms with Crippen LogP contribution in [0.2, 0.25) is 0 Å². The van der Waals surface area contributed by atoms with E-state index in [2.05, 4.69) is 17.4 Å². The lowest BCUT2D eigenvalue weighted by Crippen LogP contribution is -2.30. The summed E-state index contributed by atoms with van der Waals surface area (Å²) >= 11 is 0. The van der Waals surface area contributed by atoms with E-state index in [9.17, 15) is 4.79 Å². The van der Waals surface area contributed by atoms with Crippen LogP contribution in [-0.2, 0) is 4.79 Å². The molecule has 138 valence electrons. The predicted octanol–water partition coefficient (Wildman–Crippen LogP) is 5.91. The lowest BCUT2D eigenvalue weighted by Gasteiger charge is -2.15. The lowest BCUT2D eigenvalue weighted by atomic mass is 10.1. The first kappa shape index (κ1) is 17.8. The van der Waals surface area contributed by atoms with E-state index in [1.54, 1.807) is 6.92 Å². The Kier molecular flexibility index (Phi) is 5.07. The van der Waals surface area contributed by atoms with E-state index in [-0.39, 0.29) is 5.91 Å². The molecule has 0 heterocycles. The number of carbonyl (C=O) groups is 1. The van der Waals surface area contributed by atoms with E-state index in [1.165, 1.54) is 0 Å². The van der Waals surface area contributed by atoms with Gasteiger partial charge in [-0.2, -0.15) is 0 Å². The van der Waals surface area contributed by atoms with E-state index < -0.39 is 6.10 Å². The number of benzene rings is 4. The number of ether oxygens (including phenoxy) is 1. The third-order valence-electron chi connectivity index (χ3n) is 4.66. The van der Waals surface area contributed by atoms with Crippen LogP contribution in [-0.4, -0.2) is 12.0 Å². The molecule has 28 heavy (non-hydrogen) atoms. The number of amides is 1. The van der Waals surface area contributed by atoms with Crippen molar-refractivity contribution in [3.05, 3.63) is 97.1 Å². The van der Waals surface area contributed by atoms with Crippen molar-refractivity contribution in [3.63, 3.8) is 0 Å². The van der Waals surface area contributed by atoms with E-state index in [4.69, 9.17) is 4.74 Å². The van der Waals surface area contributed by atoms with Gasteiger partial charge in [-0.1, -0.05) is 72.8 Å². The number of fused-ring (bicyclic) bond motifs is 1. The molecule has 0 bridgehead atoms. The predicted molar refractivity (Wildman–Crippen MR) is 115 cm³/mol. The fourth-order valence-corrected chi connectivity index (χ4v) is 3.13. The Hall–Kier alpha value is -3.59. The van der Waals surface area contributed by atoms with Crippen LogP contribution in [0.3, 0.4) is 0 Å². The molecule has 0 spiro atoms. The quantitative estimate of drug-likeness (QED) is 0.476. The number of nitrogens with one attached hydrogen (secondary N) is 1. The van der Waals surface area contributed by atoms with Gasteiger partial charge in [-0.05, 0) is 53.1 Å². The van der Waals surface area contributed by atoms with Gasteiger partial charge < -0.3 is 10.1 Å². The molecule has 1 N–H and O–H groups in total. The minimum Gasteiger partial charge on any atom is -0.481 e. The maximum absolute atomic E-state index is 12.5. The zero-order chi connectivity index (χ0) is 19.3. The highest BCUT2D eigenvalue weighted by Crippen LogP contribution is 2.23. The van der Waals surface area contributed by atoms with Gasteiger partial charge in [0, 0.05) is 5.69 Å². The number of carbonyl (C=O) groups excluding carboxylic acids is 1. The van der Waals surface area contributed by atoms with Gasteiger partial charge in [0.05, 0.1) is 0 Å². The van der Waals surface area contributed by atoms with Crippen molar-refractivity contribution in [2.75, 3.05) is 5.32 Å². The molecule has 4 rings (SSSR count). The van der Waals surface area contributed by atoms with Gasteiger partial charge in [0.25, 0.3) is 5.91 Å². The standard InChI is InChI=1S/C25H21NO2/c1-18(25(27)26-23-14-11-20-9-5-6-10-22(20)17-23)28-24-15-12-21(13-16-24)19-7-3-2-4-8-19/h2-18H,1H3,(H,26,27). The second-order valence-corrected chi connectivity index (χ2v) is 6.70. The molecule has 3 heteroatoms. The van der Waals surface area contributed by atoms with Crippen molar-refractivity contribution in [3.8, 4) is 16.9 Å². The zero-order valence-corrected chi connectivity index (χ0v) is 15.6. The number of hydrogen-bond donors (Lipinski definition) is 1. The van der Waals surface area contributed by atoms with Crippen LogP contribution in [0.15, 0.2) is 97.1 Å². The van der Waals surface area contributed by atoms with E-state index >= 15 is 0 Å². The van der Waals surface area contributed by atoms with Crippen LogP contribution in [0.5, 0.6) is 5.75 Å². The molecular formula is C25H21NO2. The Balaban J connectivity index is 1.41. The van der Waals surface area contributed by atoms with Crippen molar-refractivity contribution in [2.45, 2.75) is 13.0 Å². The molecule has 0 aliphatic rings. The third-order valence-corrected chi connectivity index (χ3v) is 4.66. The molecule has 0 aliphatic carbocycles. The van der Waals surface area contributed by atoms with Gasteiger partial charge in [-0.25, -0.2) is 0 Å². The fraction of sp³-hybridized carbons (Fsp3) is 0.0800. The van der Waals surface area contributed by atoms with Gasteiger partial charge in [-0.15, -0.1) is 0 Å². The van der Waals surface area contributed by atoms with Gasteiger partial charge in [-0.3, -0.25) is 4.79 Å². The number of hydrogen-bond acceptors (Lipinski definition) is 2. The maximum atomic E-state index is 12.5. The minimum atomic E-state index is -0.603. The first-order valence-electron chi connectivity index (χ1n) is 9.31. The van der Waals surface area contributed by atoms with Crippen LogP contribution in [0, 0.1) is 0 Å². The second kappa shape index (κ2) is 7.97. The second-order valence-electron chi connectivity index (χ2n) is 6.70. The topological polar surface area (TPSA) is 38.3 Å². The average molecular weight is 367 g/mol. The highest BCUT2D eigenvalue weighted by Gasteiger charge is 2.15. The summed E-state index contributed by atoms with van der Waals surface area (Å²) in [5.74, 6) is 0.489. The molecule has 0 fully saturated rings. The summed E-state index contributed by atoms with van der Waals surface area (Å²) in [5, 5.41) is 5.16. The molecule has 0 saturated carbocycles. The highest BCUT2D eigenvalue weighted by atomic mass is 16.5. The third kappa shape index (κ3) is 4.04. The van der Waals surface area contributed by atoms with Crippen molar-refractivity contribution in [1.29, 1.82) is 0 Å². The fourth-order valence-electron chi connectivity index (χ4n) is 3.13. The Bertz CT molecular complexity index is 1090. The van der Waals surface area contributed by atoms with Crippen molar-refractivity contribution >= 4 is 22.4 Å². The molecule has 0 aliphatic heterocycles. The summed E-state index contributed by atoms with van der Waals surface area (Å²) in [6.07, 6.45) is -0.603. The maximum Gasteiger partial charge on any atom is 0.265 e. The summed E-state index contributed by atoms with van der Waals surface area (Å²) in [7, 11) is 0. The van der Waals surface area contributed by atoms with Gasteiger partial charge >= 0.3 is 0 Å². The Morgan fingerprint density at radius 1 is 0.750 bits per heavy atom. The lowest BCUT2D eigenvalue weighted by molar-refractivity contribution is -0.122. The number of rotatable bonds is 5. The van der Waals surface area contributed by atoms with Gasteiger partial charge in [0.2, 0.25) is 0 Å². The molecule has 4 aromatic rings. The molecule has 1 amide bonds. The number of anilines is 1. The molecule has 0 saturated heterocycles. The van der Waals surface area contributed by atoms with E-state index in [0.717, 1.165) is 27.6 Å². The molecule has 1 unspecified atom stereocenters. The van der Waals surface area contributed by atoms with Crippen LogP contribution in [0.1, 0.15) is 6.92 Å². The molecule has 1 atom stereocenters. The Morgan fingerprint density at radius 3 is 2.14 bits per heavy atom. The SMILES string of the molecule is CC(Oc1ccc(-c2ccccc2)cc1)C(=O)Nc1ccc2ccccc2c1. The molecule has 0 radical (unpaired) electrons. The van der Waals surface area contributed by atoms with Crippen molar-refractivity contribution in [2.24, 2.45) is 0 Å². The monoisotopic (exact) mass is 367 g/mol. The van der Waals surface area contributed by atoms with Crippen LogP contribution in [0.25, 0.3) is 21.9 Å². The summed E-state index contributed by atoms with van der Waals surface area (Å²) in [5.41, 5.74) is 3.02. The first-order chi connectivity index (χ1) is 13.7. The smallest absolute Gasteiger partial charge is 0.265 e. The molecular weight excluding hydrogens is 346 g/mol. The highest BCUT2D eigenvalue weighted by molar-refractivity contribution is 5.96. The molecule has 3 nitrogen and oxygen atoms in total. The van der Waals surface area contributed by atoms with Crippen LogP contribution in [0.4, 0.5) is 5.69 Å². The van der Waals surface area contributed by atoms with Crippen LogP contribution >= 0.6 is 0 Å². The van der Waals surface area contributed by atoms with Gasteiger partial charge in [0.1, 0.15) is 5.75 Å². The molecule has 0 aromatic heterocycles. The summed E-state index contributed by atoms with van der Waals surface area (Å²) < 4.78 is 5.81. The van der Waals surface area contributed by atoms with Crippen molar-refractivity contribution in [1.82, 2.24) is 0 Å². The van der Waals surface area contributed by atoms with Gasteiger partial charge in [0.15, 0.2) is 6.10 Å². The Labute approximate surface area is 164 Å². The normalized spacial score (nSPS) is 11.8. The zero-order valence-electron chi connectivity index (χ0n) is 15.6. The Morgan fingerprint density at radius 2 is 1.39 bits per heavy atom. The minimum absolute atomic E-state index is 0.178. The van der Waals surface area contributed by atoms with E-state index in [1.807, 2.05) is 84.9 Å². The molecule has 4 aromatic carbocycles. The first-order valence-corrected chi connectivity index (χ1v) is 9.31. The van der Waals surface area contributed by atoms with Crippen molar-refractivity contribution < 1.29 is 9.53 Å². The summed E-state index contributed by atoms with van der Waals surface area (Å²) in [6, 6.07) is 31.9. The largest absolute Gasteiger partial charge is 0.481 e. The summed E-state index contributed by atoms with van der Waals surface area (Å²) in [6.45, 7) is 1.75.